The maximum Gasteiger partial charge on any atom is 0.129 e. The lowest BCUT2D eigenvalue weighted by Crippen LogP contribution is -2.27. The molecule has 1 aromatic heterocycles. The highest BCUT2D eigenvalue weighted by molar-refractivity contribution is 8.00. The fourth-order valence-corrected chi connectivity index (χ4v) is 3.39. The zero-order valence-corrected chi connectivity index (χ0v) is 11.5. The average Bonchev–Trinajstić information content (AvgIpc) is 2.76. The maximum atomic E-state index is 4.28. The molecule has 2 rings (SSSR count). The number of nitrogens with one attached hydrogen (secondary N) is 1. The Morgan fingerprint density at radius 1 is 1.47 bits per heavy atom. The second-order valence-corrected chi connectivity index (χ2v) is 6.58. The molecule has 1 N–H and O–H groups in total. The first kappa shape index (κ1) is 12.7. The van der Waals surface area contributed by atoms with Crippen molar-refractivity contribution in [1.29, 1.82) is 0 Å². The highest BCUT2D eigenvalue weighted by Crippen LogP contribution is 2.37. The molecule has 1 fully saturated rings. The second kappa shape index (κ2) is 5.71. The molecule has 94 valence electrons. The van der Waals surface area contributed by atoms with Crippen LogP contribution in [-0.4, -0.2) is 27.0 Å². The number of nitrogens with zero attached hydrogens (tertiary/aromatic N) is 2. The fourth-order valence-electron chi connectivity index (χ4n) is 2.14. The Balaban J connectivity index is 1.91. The number of thioether (sulfide) groups is 1. The normalized spacial score (nSPS) is 23.9. The van der Waals surface area contributed by atoms with Gasteiger partial charge in [0.2, 0.25) is 0 Å². The molecule has 0 bridgehead atoms. The summed E-state index contributed by atoms with van der Waals surface area (Å²) in [6.45, 7) is 5.51. The van der Waals surface area contributed by atoms with E-state index in [2.05, 4.69) is 47.0 Å². The molecule has 0 radical (unpaired) electrons. The van der Waals surface area contributed by atoms with E-state index in [1.165, 1.54) is 18.6 Å². The van der Waals surface area contributed by atoms with Gasteiger partial charge in [0.15, 0.2) is 0 Å². The summed E-state index contributed by atoms with van der Waals surface area (Å²) in [6.07, 6.45) is 6.47. The Kier molecular flexibility index (Phi) is 4.26. The van der Waals surface area contributed by atoms with Crippen LogP contribution in [-0.2, 0) is 6.42 Å². The van der Waals surface area contributed by atoms with E-state index in [4.69, 9.17) is 0 Å². The van der Waals surface area contributed by atoms with E-state index in [1.54, 1.807) is 6.33 Å². The Morgan fingerprint density at radius 3 is 3.06 bits per heavy atom. The number of aryl methyl sites for hydroxylation is 1. The highest BCUT2D eigenvalue weighted by atomic mass is 32.2. The predicted octanol–water partition coefficient (Wildman–Crippen LogP) is 3.13. The molecule has 1 saturated heterocycles. The van der Waals surface area contributed by atoms with Gasteiger partial charge in [-0.25, -0.2) is 9.97 Å². The van der Waals surface area contributed by atoms with Crippen molar-refractivity contribution in [2.24, 2.45) is 0 Å². The van der Waals surface area contributed by atoms with Crippen LogP contribution < -0.4 is 5.32 Å². The monoisotopic (exact) mass is 251 g/mol. The van der Waals surface area contributed by atoms with Gasteiger partial charge in [-0.05, 0) is 31.9 Å². The van der Waals surface area contributed by atoms with Crippen molar-refractivity contribution in [2.75, 3.05) is 17.6 Å². The molecule has 0 amide bonds. The summed E-state index contributed by atoms with van der Waals surface area (Å²) in [5, 5.41) is 3.45. The summed E-state index contributed by atoms with van der Waals surface area (Å²) in [6, 6.07) is 2.08. The first-order valence-electron chi connectivity index (χ1n) is 6.41. The van der Waals surface area contributed by atoms with Crippen LogP contribution in [0.15, 0.2) is 12.4 Å². The summed E-state index contributed by atoms with van der Waals surface area (Å²) in [7, 11) is 0. The highest BCUT2D eigenvalue weighted by Gasteiger charge is 2.29. The molecule has 17 heavy (non-hydrogen) atoms. The van der Waals surface area contributed by atoms with E-state index in [-0.39, 0.29) is 0 Å². The van der Waals surface area contributed by atoms with Crippen LogP contribution in [0.25, 0.3) is 0 Å². The largest absolute Gasteiger partial charge is 0.369 e. The van der Waals surface area contributed by atoms with Crippen LogP contribution in [0.3, 0.4) is 0 Å². The van der Waals surface area contributed by atoms with Crippen molar-refractivity contribution < 1.29 is 0 Å². The van der Waals surface area contributed by atoms with Crippen LogP contribution in [0.2, 0.25) is 0 Å². The van der Waals surface area contributed by atoms with Gasteiger partial charge in [-0.15, -0.1) is 0 Å². The lowest BCUT2D eigenvalue weighted by atomic mass is 10.1. The van der Waals surface area contributed by atoms with E-state index in [9.17, 15) is 0 Å². The van der Waals surface area contributed by atoms with Crippen molar-refractivity contribution in [3.05, 3.63) is 18.1 Å². The number of anilines is 1. The lowest BCUT2D eigenvalue weighted by Gasteiger charge is -2.23. The predicted molar refractivity (Wildman–Crippen MR) is 74.6 cm³/mol. The molecule has 1 aliphatic heterocycles. The fraction of sp³-hybridized carbons (Fsp3) is 0.692. The van der Waals surface area contributed by atoms with Crippen LogP contribution in [0, 0.1) is 0 Å². The number of hydrogen-bond donors (Lipinski definition) is 1. The minimum Gasteiger partial charge on any atom is -0.369 e. The minimum absolute atomic E-state index is 0.385. The third kappa shape index (κ3) is 3.60. The number of aromatic nitrogens is 2. The van der Waals surface area contributed by atoms with Gasteiger partial charge in [-0.3, -0.25) is 0 Å². The molecule has 3 nitrogen and oxygen atoms in total. The molecule has 2 heterocycles. The van der Waals surface area contributed by atoms with Crippen LogP contribution in [0.1, 0.15) is 38.8 Å². The van der Waals surface area contributed by atoms with Gasteiger partial charge in [-0.2, -0.15) is 11.8 Å². The molecule has 0 aliphatic carbocycles. The summed E-state index contributed by atoms with van der Waals surface area (Å²) in [5.74, 6) is 2.26. The third-order valence-corrected chi connectivity index (χ3v) is 4.71. The first-order valence-corrected chi connectivity index (χ1v) is 7.39. The van der Waals surface area contributed by atoms with Gasteiger partial charge < -0.3 is 5.32 Å². The summed E-state index contributed by atoms with van der Waals surface area (Å²) in [5.41, 5.74) is 1.13. The van der Waals surface area contributed by atoms with Crippen molar-refractivity contribution in [2.45, 2.75) is 44.3 Å². The molecule has 1 atom stereocenters. The molecular formula is C13H21N3S. The molecule has 1 aromatic rings. The van der Waals surface area contributed by atoms with Crippen molar-refractivity contribution in [3.8, 4) is 0 Å². The molecule has 4 heteroatoms. The van der Waals surface area contributed by atoms with E-state index < -0.39 is 0 Å². The number of hydrogen-bond acceptors (Lipinski definition) is 4. The standard InChI is InChI=1S/C13H21N3S/c1-3-5-11-8-12(16-10-15-11)14-9-13(2)6-4-7-17-13/h8,10H,3-7,9H2,1-2H3,(H,14,15,16). The van der Waals surface area contributed by atoms with E-state index in [0.29, 0.717) is 4.75 Å². The minimum atomic E-state index is 0.385. The van der Waals surface area contributed by atoms with Gasteiger partial charge in [0.1, 0.15) is 12.1 Å². The van der Waals surface area contributed by atoms with E-state index in [0.717, 1.165) is 30.9 Å². The Morgan fingerprint density at radius 2 is 2.35 bits per heavy atom. The Hall–Kier alpha value is -0.770. The summed E-state index contributed by atoms with van der Waals surface area (Å²) < 4.78 is 0.385. The van der Waals surface area contributed by atoms with Gasteiger partial charge in [0.05, 0.1) is 0 Å². The van der Waals surface area contributed by atoms with Crippen LogP contribution in [0.5, 0.6) is 0 Å². The topological polar surface area (TPSA) is 37.8 Å². The first-order chi connectivity index (χ1) is 8.22. The quantitative estimate of drug-likeness (QED) is 0.872. The van der Waals surface area contributed by atoms with Crippen molar-refractivity contribution in [3.63, 3.8) is 0 Å². The smallest absolute Gasteiger partial charge is 0.129 e. The van der Waals surface area contributed by atoms with Gasteiger partial charge >= 0.3 is 0 Å². The average molecular weight is 251 g/mol. The molecule has 0 aromatic carbocycles. The van der Waals surface area contributed by atoms with Crippen LogP contribution in [0.4, 0.5) is 5.82 Å². The van der Waals surface area contributed by atoms with E-state index in [1.807, 2.05) is 0 Å². The third-order valence-electron chi connectivity index (χ3n) is 3.17. The van der Waals surface area contributed by atoms with Crippen LogP contribution >= 0.6 is 11.8 Å². The Bertz CT molecular complexity index is 361. The summed E-state index contributed by atoms with van der Waals surface area (Å²) >= 11 is 2.07. The zero-order valence-electron chi connectivity index (χ0n) is 10.7. The van der Waals surface area contributed by atoms with Crippen molar-refractivity contribution in [1.82, 2.24) is 9.97 Å². The summed E-state index contributed by atoms with van der Waals surface area (Å²) in [4.78, 5) is 8.55. The van der Waals surface area contributed by atoms with Crippen molar-refractivity contribution >= 4 is 17.6 Å². The molecular weight excluding hydrogens is 230 g/mol. The zero-order chi connectivity index (χ0) is 12.1. The number of rotatable bonds is 5. The molecule has 1 aliphatic rings. The van der Waals surface area contributed by atoms with Gasteiger partial charge in [-0.1, -0.05) is 13.3 Å². The van der Waals surface area contributed by atoms with Gasteiger partial charge in [0.25, 0.3) is 0 Å². The molecule has 0 saturated carbocycles. The lowest BCUT2D eigenvalue weighted by molar-refractivity contribution is 0.633. The van der Waals surface area contributed by atoms with Gasteiger partial charge in [0, 0.05) is 23.1 Å². The van der Waals surface area contributed by atoms with E-state index >= 15 is 0 Å². The second-order valence-electron chi connectivity index (χ2n) is 4.90. The maximum absolute atomic E-state index is 4.28. The molecule has 0 spiro atoms. The molecule has 1 unspecified atom stereocenters. The Labute approximate surface area is 108 Å². The SMILES string of the molecule is CCCc1cc(NCC2(C)CCCS2)ncn1.